The largest absolute Gasteiger partial charge is 0.472 e. The number of phosphoric acid groups is 1. The van der Waals surface area contributed by atoms with Crippen LogP contribution in [0.25, 0.3) is 0 Å². The van der Waals surface area contributed by atoms with Crippen molar-refractivity contribution in [3.8, 4) is 0 Å². The number of ether oxygens (including phenoxy) is 2. The summed E-state index contributed by atoms with van der Waals surface area (Å²) in [4.78, 5) is 35.7. The van der Waals surface area contributed by atoms with Crippen molar-refractivity contribution in [2.75, 3.05) is 13.2 Å². The van der Waals surface area contributed by atoms with Crippen molar-refractivity contribution >= 4 is 19.8 Å². The fourth-order valence-corrected chi connectivity index (χ4v) is 8.13. The van der Waals surface area contributed by atoms with Gasteiger partial charge in [0.25, 0.3) is 0 Å². The molecule has 352 valence electrons. The third kappa shape index (κ3) is 28.8. The second-order valence-corrected chi connectivity index (χ2v) is 18.0. The molecule has 1 aliphatic rings. The lowest BCUT2D eigenvalue weighted by Gasteiger charge is -2.41. The van der Waals surface area contributed by atoms with Crippen LogP contribution in [-0.2, 0) is 32.7 Å². The van der Waals surface area contributed by atoms with Crippen LogP contribution in [0.15, 0.2) is 24.3 Å². The van der Waals surface area contributed by atoms with Gasteiger partial charge < -0.3 is 39.9 Å². The minimum absolute atomic E-state index is 0.0918. The number of unbranched alkanes of at least 4 members (excludes halogenated alkanes) is 23. The number of carbonyl (C=O) groups is 2. The first-order valence-corrected chi connectivity index (χ1v) is 25.1. The molecule has 0 amide bonds. The average Bonchev–Trinajstić information content (AvgIpc) is 3.23. The molecular formula is C46H85O13P. The quantitative estimate of drug-likeness (QED) is 0.0147. The number of carbonyl (C=O) groups excluding carboxylic acids is 2. The first-order valence-electron chi connectivity index (χ1n) is 23.6. The van der Waals surface area contributed by atoms with Gasteiger partial charge in [0.1, 0.15) is 43.2 Å². The van der Waals surface area contributed by atoms with Crippen LogP contribution >= 0.6 is 7.82 Å². The van der Waals surface area contributed by atoms with Crippen molar-refractivity contribution in [2.45, 2.75) is 243 Å². The maximum absolute atomic E-state index is 12.8. The molecule has 0 aromatic rings. The molecule has 0 heterocycles. The SMILES string of the molecule is CCCCCCC/C=C/CCCCCCCC(=O)OC[C@H](COP(=O)(O)OC1C(O)C(O)C(O)[C@@H](O)C1O)OC(=O)CCCCCCCCC/C=C/CCCCCCCC. The molecule has 0 spiro atoms. The first-order chi connectivity index (χ1) is 28.9. The highest BCUT2D eigenvalue weighted by atomic mass is 31.2. The Kier molecular flexibility index (Phi) is 34.5. The Morgan fingerprint density at radius 2 is 0.850 bits per heavy atom. The minimum Gasteiger partial charge on any atom is -0.462 e. The number of allylic oxidation sites excluding steroid dienone is 4. The second-order valence-electron chi connectivity index (χ2n) is 16.6. The summed E-state index contributed by atoms with van der Waals surface area (Å²) in [6.45, 7) is 3.28. The van der Waals surface area contributed by atoms with E-state index in [0.29, 0.717) is 12.8 Å². The van der Waals surface area contributed by atoms with Crippen molar-refractivity contribution < 1.29 is 63.1 Å². The molecule has 13 nitrogen and oxygen atoms in total. The molecule has 0 bridgehead atoms. The summed E-state index contributed by atoms with van der Waals surface area (Å²) < 4.78 is 33.5. The summed E-state index contributed by atoms with van der Waals surface area (Å²) in [5.74, 6) is -1.11. The van der Waals surface area contributed by atoms with E-state index < -0.39 is 75.7 Å². The van der Waals surface area contributed by atoms with Gasteiger partial charge >= 0.3 is 19.8 Å². The number of esters is 2. The summed E-state index contributed by atoms with van der Waals surface area (Å²) in [6.07, 6.45) is 26.6. The lowest BCUT2D eigenvalue weighted by Crippen LogP contribution is -2.64. The van der Waals surface area contributed by atoms with Crippen molar-refractivity contribution in [1.82, 2.24) is 0 Å². The number of aliphatic hydroxyl groups is 5. The third-order valence-corrected chi connectivity index (χ3v) is 12.0. The predicted octanol–water partition coefficient (Wildman–Crippen LogP) is 9.23. The molecule has 1 rings (SSSR count). The van der Waals surface area contributed by atoms with Gasteiger partial charge in [-0.05, 0) is 64.2 Å². The number of hydrogen-bond donors (Lipinski definition) is 6. The number of rotatable bonds is 39. The van der Waals surface area contributed by atoms with E-state index in [9.17, 15) is 44.6 Å². The molecule has 6 N–H and O–H groups in total. The molecule has 0 saturated heterocycles. The van der Waals surface area contributed by atoms with Crippen molar-refractivity contribution in [3.05, 3.63) is 24.3 Å². The molecule has 0 aromatic carbocycles. The van der Waals surface area contributed by atoms with E-state index in [1.165, 1.54) is 89.9 Å². The molecule has 0 radical (unpaired) electrons. The van der Waals surface area contributed by atoms with E-state index in [1.54, 1.807) is 0 Å². The lowest BCUT2D eigenvalue weighted by molar-refractivity contribution is -0.220. The standard InChI is InChI=1S/C46H85O13P/c1-3-5-7-9-11-13-15-17-19-20-21-23-25-27-29-31-33-35-40(48)58-38(37-57-60(54,55)59-46-44(52)42(50)41(49)43(51)45(46)53)36-56-39(47)34-32-30-28-26-24-22-18-16-14-12-10-8-6-4-2/h16-19,38,41-46,49-53H,3-15,20-37H2,1-2H3,(H,54,55)/b18-16+,19-17+/t38-,41?,42-,43?,44?,45?,46?/m1/s1. The normalized spacial score (nSPS) is 22.3. The Morgan fingerprint density at radius 1 is 0.500 bits per heavy atom. The van der Waals surface area contributed by atoms with Gasteiger partial charge in [-0.2, -0.15) is 0 Å². The highest BCUT2D eigenvalue weighted by Gasteiger charge is 2.51. The zero-order valence-electron chi connectivity index (χ0n) is 37.3. The van der Waals surface area contributed by atoms with Gasteiger partial charge in [0, 0.05) is 12.8 Å². The summed E-state index contributed by atoms with van der Waals surface area (Å²) in [7, 11) is -5.12. The van der Waals surface area contributed by atoms with Gasteiger partial charge in [-0.1, -0.05) is 147 Å². The van der Waals surface area contributed by atoms with Gasteiger partial charge in [0.15, 0.2) is 6.10 Å². The van der Waals surface area contributed by atoms with E-state index in [2.05, 4.69) is 38.2 Å². The van der Waals surface area contributed by atoms with E-state index in [-0.39, 0.29) is 12.8 Å². The van der Waals surface area contributed by atoms with E-state index >= 15 is 0 Å². The van der Waals surface area contributed by atoms with Crippen LogP contribution in [0.4, 0.5) is 0 Å². The molecule has 6 unspecified atom stereocenters. The highest BCUT2D eigenvalue weighted by Crippen LogP contribution is 2.47. The molecule has 0 aliphatic heterocycles. The smallest absolute Gasteiger partial charge is 0.462 e. The predicted molar refractivity (Wildman–Crippen MR) is 235 cm³/mol. The summed E-state index contributed by atoms with van der Waals surface area (Å²) in [5.41, 5.74) is 0. The first kappa shape index (κ1) is 56.3. The van der Waals surface area contributed by atoms with Crippen molar-refractivity contribution in [1.29, 1.82) is 0 Å². The molecule has 60 heavy (non-hydrogen) atoms. The Morgan fingerprint density at radius 3 is 1.27 bits per heavy atom. The van der Waals surface area contributed by atoms with Gasteiger partial charge in [-0.15, -0.1) is 0 Å². The molecule has 14 heteroatoms. The van der Waals surface area contributed by atoms with E-state index in [1.807, 2.05) is 0 Å². The number of aliphatic hydroxyl groups excluding tert-OH is 5. The number of phosphoric ester groups is 1. The summed E-state index contributed by atoms with van der Waals surface area (Å²) in [6, 6.07) is 0. The van der Waals surface area contributed by atoms with Gasteiger partial charge in [-0.3, -0.25) is 18.6 Å². The van der Waals surface area contributed by atoms with Crippen LogP contribution in [0.1, 0.15) is 200 Å². The topological polar surface area (TPSA) is 210 Å². The molecule has 1 saturated carbocycles. The Balaban J connectivity index is 2.45. The zero-order valence-corrected chi connectivity index (χ0v) is 38.2. The minimum atomic E-state index is -5.12. The number of hydrogen-bond acceptors (Lipinski definition) is 12. The molecule has 8 atom stereocenters. The maximum atomic E-state index is 12.8. The average molecular weight is 877 g/mol. The Hall–Kier alpha value is -1.67. The zero-order chi connectivity index (χ0) is 44.3. The Bertz CT molecular complexity index is 1150. The molecule has 0 aromatic heterocycles. The van der Waals surface area contributed by atoms with Crippen molar-refractivity contribution in [2.24, 2.45) is 0 Å². The summed E-state index contributed by atoms with van der Waals surface area (Å²) >= 11 is 0. The molecular weight excluding hydrogens is 791 g/mol. The van der Waals surface area contributed by atoms with Crippen LogP contribution in [0.3, 0.4) is 0 Å². The van der Waals surface area contributed by atoms with Gasteiger partial charge in [0.2, 0.25) is 0 Å². The molecule has 1 aliphatic carbocycles. The maximum Gasteiger partial charge on any atom is 0.472 e. The Labute approximate surface area is 362 Å². The van der Waals surface area contributed by atoms with Crippen molar-refractivity contribution in [3.63, 3.8) is 0 Å². The van der Waals surface area contributed by atoms with E-state index in [4.69, 9.17) is 18.5 Å². The van der Waals surface area contributed by atoms with Gasteiger partial charge in [-0.25, -0.2) is 4.57 Å². The second kappa shape index (κ2) is 36.8. The fourth-order valence-electron chi connectivity index (χ4n) is 7.16. The van der Waals surface area contributed by atoms with Gasteiger partial charge in [0.05, 0.1) is 6.61 Å². The van der Waals surface area contributed by atoms with Crippen LogP contribution < -0.4 is 0 Å². The monoisotopic (exact) mass is 877 g/mol. The fraction of sp³-hybridized carbons (Fsp3) is 0.870. The summed E-state index contributed by atoms with van der Waals surface area (Å²) in [5, 5.41) is 50.1. The lowest BCUT2D eigenvalue weighted by atomic mass is 9.85. The molecule has 1 fully saturated rings. The third-order valence-electron chi connectivity index (χ3n) is 11.0. The van der Waals surface area contributed by atoms with Crippen LogP contribution in [0, 0.1) is 0 Å². The van der Waals surface area contributed by atoms with Crippen LogP contribution in [0.2, 0.25) is 0 Å². The van der Waals surface area contributed by atoms with Crippen LogP contribution in [0.5, 0.6) is 0 Å². The van der Waals surface area contributed by atoms with Crippen LogP contribution in [-0.4, -0.2) is 98.3 Å². The van der Waals surface area contributed by atoms with E-state index in [0.717, 1.165) is 70.6 Å². The highest BCUT2D eigenvalue weighted by molar-refractivity contribution is 7.47.